The molecule has 0 aliphatic heterocycles. The van der Waals surface area contributed by atoms with E-state index >= 15 is 0 Å². The molecule has 0 bridgehead atoms. The number of thiophene rings is 1. The molecule has 0 spiro atoms. The van der Waals surface area contributed by atoms with Crippen LogP contribution in [0, 0.1) is 0 Å². The molecule has 1 amide bonds. The van der Waals surface area contributed by atoms with Gasteiger partial charge in [-0.2, -0.15) is 0 Å². The number of rotatable bonds is 3. The van der Waals surface area contributed by atoms with Gasteiger partial charge in [-0.05, 0) is 31.2 Å². The zero-order valence-corrected chi connectivity index (χ0v) is 10.4. The lowest BCUT2D eigenvalue weighted by Crippen LogP contribution is -2.38. The maximum absolute atomic E-state index is 12.3. The van der Waals surface area contributed by atoms with Crippen molar-refractivity contribution < 1.29 is 4.79 Å². The highest BCUT2D eigenvalue weighted by Gasteiger charge is 2.27. The molecule has 1 aliphatic carbocycles. The Hall–Kier alpha value is -1.03. The molecule has 2 rings (SSSR count). The first-order valence-corrected chi connectivity index (χ1v) is 6.76. The topological polar surface area (TPSA) is 46.3 Å². The lowest BCUT2D eigenvalue weighted by atomic mass is 10.2. The van der Waals surface area contributed by atoms with Crippen LogP contribution in [-0.4, -0.2) is 23.4 Å². The summed E-state index contributed by atoms with van der Waals surface area (Å²) in [5.74, 6) is 0.113. The fourth-order valence-electron chi connectivity index (χ4n) is 2.41. The van der Waals surface area contributed by atoms with Gasteiger partial charge in [0, 0.05) is 12.6 Å². The molecule has 4 heteroatoms. The van der Waals surface area contributed by atoms with Gasteiger partial charge >= 0.3 is 0 Å². The van der Waals surface area contributed by atoms with Crippen LogP contribution in [0.15, 0.2) is 11.4 Å². The van der Waals surface area contributed by atoms with Crippen molar-refractivity contribution >= 4 is 22.9 Å². The third-order valence-electron chi connectivity index (χ3n) is 3.26. The average Bonchev–Trinajstić information content (AvgIpc) is 2.90. The SMILES string of the molecule is CCN(C(=O)c1sccc1N)C1CCCC1. The van der Waals surface area contributed by atoms with Crippen molar-refractivity contribution in [1.82, 2.24) is 4.90 Å². The molecule has 2 N–H and O–H groups in total. The molecule has 1 saturated carbocycles. The number of nitrogens with zero attached hydrogens (tertiary/aromatic N) is 1. The minimum atomic E-state index is 0.113. The number of carbonyl (C=O) groups excluding carboxylic acids is 1. The van der Waals surface area contributed by atoms with E-state index < -0.39 is 0 Å². The normalized spacial score (nSPS) is 16.6. The number of nitrogen functional groups attached to an aromatic ring is 1. The summed E-state index contributed by atoms with van der Waals surface area (Å²) in [6.07, 6.45) is 4.78. The van der Waals surface area contributed by atoms with Gasteiger partial charge in [-0.1, -0.05) is 12.8 Å². The highest BCUT2D eigenvalue weighted by atomic mass is 32.1. The van der Waals surface area contributed by atoms with Gasteiger partial charge < -0.3 is 10.6 Å². The van der Waals surface area contributed by atoms with E-state index in [0.717, 1.165) is 19.4 Å². The molecule has 0 atom stereocenters. The van der Waals surface area contributed by atoms with Crippen LogP contribution in [-0.2, 0) is 0 Å². The van der Waals surface area contributed by atoms with E-state index in [1.165, 1.54) is 24.2 Å². The van der Waals surface area contributed by atoms with E-state index in [4.69, 9.17) is 5.73 Å². The third kappa shape index (κ3) is 2.07. The van der Waals surface area contributed by atoms with Gasteiger partial charge in [-0.3, -0.25) is 4.79 Å². The minimum Gasteiger partial charge on any atom is -0.397 e. The number of anilines is 1. The summed E-state index contributed by atoms with van der Waals surface area (Å²) in [6, 6.07) is 2.24. The third-order valence-corrected chi connectivity index (χ3v) is 4.18. The first kappa shape index (κ1) is 11.5. The summed E-state index contributed by atoms with van der Waals surface area (Å²) in [6.45, 7) is 2.82. The monoisotopic (exact) mass is 238 g/mol. The van der Waals surface area contributed by atoms with Gasteiger partial charge in [0.2, 0.25) is 0 Å². The number of hydrogen-bond donors (Lipinski definition) is 1. The summed E-state index contributed by atoms with van der Waals surface area (Å²) in [4.78, 5) is 15.0. The van der Waals surface area contributed by atoms with Gasteiger partial charge in [0.1, 0.15) is 4.88 Å². The lowest BCUT2D eigenvalue weighted by molar-refractivity contribution is 0.0699. The van der Waals surface area contributed by atoms with Gasteiger partial charge in [-0.15, -0.1) is 11.3 Å². The van der Waals surface area contributed by atoms with Crippen molar-refractivity contribution in [2.75, 3.05) is 12.3 Å². The Labute approximate surface area is 100 Å². The smallest absolute Gasteiger partial charge is 0.266 e. The highest BCUT2D eigenvalue weighted by molar-refractivity contribution is 7.12. The maximum Gasteiger partial charge on any atom is 0.266 e. The summed E-state index contributed by atoms with van der Waals surface area (Å²) >= 11 is 1.44. The van der Waals surface area contributed by atoms with Crippen molar-refractivity contribution in [3.8, 4) is 0 Å². The molecule has 0 aromatic carbocycles. The van der Waals surface area contributed by atoms with Crippen molar-refractivity contribution in [2.24, 2.45) is 0 Å². The molecule has 88 valence electrons. The Bertz CT molecular complexity index is 369. The first-order chi connectivity index (χ1) is 7.74. The first-order valence-electron chi connectivity index (χ1n) is 5.88. The molecule has 16 heavy (non-hydrogen) atoms. The van der Waals surface area contributed by atoms with E-state index in [2.05, 4.69) is 0 Å². The quantitative estimate of drug-likeness (QED) is 0.880. The molecule has 1 aliphatic rings. The van der Waals surface area contributed by atoms with Gasteiger partial charge in [0.05, 0.1) is 5.69 Å². The number of hydrogen-bond acceptors (Lipinski definition) is 3. The molecule has 1 fully saturated rings. The maximum atomic E-state index is 12.3. The van der Waals surface area contributed by atoms with Crippen LogP contribution in [0.4, 0.5) is 5.69 Å². The number of carbonyl (C=O) groups is 1. The molecular formula is C12H18N2OS. The van der Waals surface area contributed by atoms with Crippen LogP contribution < -0.4 is 5.73 Å². The molecule has 1 aromatic heterocycles. The summed E-state index contributed by atoms with van der Waals surface area (Å²) < 4.78 is 0. The fraction of sp³-hybridized carbons (Fsp3) is 0.583. The summed E-state index contributed by atoms with van der Waals surface area (Å²) in [5, 5.41) is 1.88. The largest absolute Gasteiger partial charge is 0.397 e. The predicted molar refractivity (Wildman–Crippen MR) is 67.7 cm³/mol. The lowest BCUT2D eigenvalue weighted by Gasteiger charge is -2.27. The van der Waals surface area contributed by atoms with E-state index in [9.17, 15) is 4.79 Å². The predicted octanol–water partition coefficient (Wildman–Crippen LogP) is 2.74. The number of nitrogens with two attached hydrogens (primary N) is 1. The molecule has 1 aromatic rings. The van der Waals surface area contributed by atoms with Crippen molar-refractivity contribution in [3.05, 3.63) is 16.3 Å². The highest BCUT2D eigenvalue weighted by Crippen LogP contribution is 2.27. The van der Waals surface area contributed by atoms with E-state index in [-0.39, 0.29) is 5.91 Å². The molecule has 0 saturated heterocycles. The van der Waals surface area contributed by atoms with Gasteiger partial charge in [-0.25, -0.2) is 0 Å². The second kappa shape index (κ2) is 4.87. The van der Waals surface area contributed by atoms with Crippen molar-refractivity contribution in [3.63, 3.8) is 0 Å². The molecule has 3 nitrogen and oxygen atoms in total. The Morgan fingerprint density at radius 1 is 1.56 bits per heavy atom. The van der Waals surface area contributed by atoms with Crippen molar-refractivity contribution in [1.29, 1.82) is 0 Å². The second-order valence-corrected chi connectivity index (χ2v) is 5.15. The number of amides is 1. The Balaban J connectivity index is 2.15. The summed E-state index contributed by atoms with van der Waals surface area (Å²) in [7, 11) is 0. The van der Waals surface area contributed by atoms with Crippen LogP contribution in [0.25, 0.3) is 0 Å². The van der Waals surface area contributed by atoms with E-state index in [1.807, 2.05) is 17.2 Å². The van der Waals surface area contributed by atoms with Crippen LogP contribution in [0.5, 0.6) is 0 Å². The fourth-order valence-corrected chi connectivity index (χ4v) is 3.18. The second-order valence-electron chi connectivity index (χ2n) is 4.23. The molecule has 0 unspecified atom stereocenters. The van der Waals surface area contributed by atoms with E-state index in [1.54, 1.807) is 6.07 Å². The molecule has 1 heterocycles. The van der Waals surface area contributed by atoms with Gasteiger partial charge in [0.15, 0.2) is 0 Å². The van der Waals surface area contributed by atoms with Gasteiger partial charge in [0.25, 0.3) is 5.91 Å². The zero-order chi connectivity index (χ0) is 11.5. The van der Waals surface area contributed by atoms with Crippen LogP contribution in [0.3, 0.4) is 0 Å². The molecular weight excluding hydrogens is 220 g/mol. The minimum absolute atomic E-state index is 0.113. The Kier molecular flexibility index (Phi) is 3.49. The van der Waals surface area contributed by atoms with Crippen molar-refractivity contribution in [2.45, 2.75) is 38.6 Å². The standard InChI is InChI=1S/C12H18N2OS/c1-2-14(9-5-3-4-6-9)12(15)11-10(13)7-8-16-11/h7-9H,2-6,13H2,1H3. The van der Waals surface area contributed by atoms with Crippen LogP contribution in [0.2, 0.25) is 0 Å². The summed E-state index contributed by atoms with van der Waals surface area (Å²) in [5.41, 5.74) is 6.41. The van der Waals surface area contributed by atoms with Crippen LogP contribution >= 0.6 is 11.3 Å². The van der Waals surface area contributed by atoms with Crippen LogP contribution in [0.1, 0.15) is 42.3 Å². The van der Waals surface area contributed by atoms with E-state index in [0.29, 0.717) is 16.6 Å². The Morgan fingerprint density at radius 2 is 2.25 bits per heavy atom. The molecule has 0 radical (unpaired) electrons. The zero-order valence-electron chi connectivity index (χ0n) is 9.61. The Morgan fingerprint density at radius 3 is 2.75 bits per heavy atom. The average molecular weight is 238 g/mol.